The van der Waals surface area contributed by atoms with Gasteiger partial charge in [-0.3, -0.25) is 32.9 Å². The largest absolute Gasteiger partial charge is 0.505 e. The number of aromatic hydroxyl groups is 2. The third-order valence-corrected chi connectivity index (χ3v) is 12.1. The highest BCUT2D eigenvalue weighted by molar-refractivity contribution is 7.87. The predicted octanol–water partition coefficient (Wildman–Crippen LogP) is 3.54. The molecule has 26 nitrogen and oxygen atoms in total. The van der Waals surface area contributed by atoms with E-state index >= 15 is 0 Å². The zero-order valence-corrected chi connectivity index (χ0v) is 31.2. The number of hydrogen-bond acceptors (Lipinski definition) is 20. The number of nitro benzene ring substituents is 1. The molecule has 5 rings (SSSR count). The van der Waals surface area contributed by atoms with Gasteiger partial charge in [0.25, 0.3) is 56.3 Å². The van der Waals surface area contributed by atoms with Crippen molar-refractivity contribution in [1.29, 1.82) is 0 Å². The van der Waals surface area contributed by atoms with Gasteiger partial charge in [-0.15, -0.1) is 20.5 Å². The summed E-state index contributed by atoms with van der Waals surface area (Å²) in [4.78, 5) is 3.55. The number of fused-ring (bicyclic) bond motifs is 2. The lowest BCUT2D eigenvalue weighted by molar-refractivity contribution is -0.385. The monoisotopic (exact) mass is 893 g/mol. The number of anilines is 2. The van der Waals surface area contributed by atoms with Gasteiger partial charge in [-0.25, -0.2) is 0 Å². The van der Waals surface area contributed by atoms with Gasteiger partial charge in [0.1, 0.15) is 53.0 Å². The van der Waals surface area contributed by atoms with Crippen LogP contribution in [0.4, 0.5) is 39.8 Å². The van der Waals surface area contributed by atoms with Gasteiger partial charge >= 0.3 is 0 Å². The van der Waals surface area contributed by atoms with Gasteiger partial charge in [0, 0.05) is 28.3 Å². The molecule has 0 unspecified atom stereocenters. The number of benzene rings is 5. The first-order valence-corrected chi connectivity index (χ1v) is 21.3. The number of nitrogens with two attached hydrogens (primary N) is 2. The second-order valence-electron chi connectivity index (χ2n) is 11.1. The quantitative estimate of drug-likeness (QED) is 0.0242. The van der Waals surface area contributed by atoms with E-state index in [9.17, 15) is 85.2 Å². The Morgan fingerprint density at radius 1 is 0.509 bits per heavy atom. The van der Waals surface area contributed by atoms with Crippen molar-refractivity contribution in [2.75, 3.05) is 11.5 Å². The fourth-order valence-corrected chi connectivity index (χ4v) is 8.64. The lowest BCUT2D eigenvalue weighted by Crippen LogP contribution is -2.06. The van der Waals surface area contributed by atoms with Crippen LogP contribution < -0.4 is 11.5 Å². The van der Waals surface area contributed by atoms with Crippen molar-refractivity contribution in [2.45, 2.75) is 24.5 Å². The molecule has 0 fully saturated rings. The number of hydrogen-bond donors (Lipinski definition) is 9. The number of non-ortho nitro benzene ring substituents is 1. The van der Waals surface area contributed by atoms with Crippen LogP contribution in [0.3, 0.4) is 0 Å². The van der Waals surface area contributed by atoms with E-state index in [1.54, 1.807) is 0 Å². The van der Waals surface area contributed by atoms with Crippen LogP contribution in [0.5, 0.6) is 11.5 Å². The maximum atomic E-state index is 12.5. The zero-order chi connectivity index (χ0) is 43.0. The first-order valence-electron chi connectivity index (χ1n) is 14.1. The lowest BCUT2D eigenvalue weighted by atomic mass is 10.0. The van der Waals surface area contributed by atoms with Crippen LogP contribution in [0.2, 0.25) is 0 Å². The van der Waals surface area contributed by atoms with Crippen molar-refractivity contribution >= 4 is 112 Å². The molecule has 0 aromatic heterocycles. The molecule has 0 aliphatic heterocycles. The Bertz CT molecular complexity index is 3280. The Morgan fingerprint density at radius 2 is 1.02 bits per heavy atom. The maximum Gasteiger partial charge on any atom is 0.297 e. The molecule has 0 saturated heterocycles. The Hall–Kier alpha value is -6.03. The van der Waals surface area contributed by atoms with Crippen molar-refractivity contribution in [3.8, 4) is 11.5 Å². The van der Waals surface area contributed by atoms with Gasteiger partial charge in [0.05, 0.1) is 21.7 Å². The number of nitrogen functional groups attached to an aromatic ring is 2. The van der Waals surface area contributed by atoms with Crippen molar-refractivity contribution in [3.63, 3.8) is 0 Å². The lowest BCUT2D eigenvalue weighted by Gasteiger charge is -2.15. The van der Waals surface area contributed by atoms with Gasteiger partial charge < -0.3 is 21.7 Å². The minimum Gasteiger partial charge on any atom is -0.505 e. The predicted molar refractivity (Wildman–Crippen MR) is 191 cm³/mol. The average Bonchev–Trinajstić information content (AvgIpc) is 3.05. The van der Waals surface area contributed by atoms with Crippen LogP contribution >= 0.6 is 0 Å². The molecule has 0 atom stereocenters. The zero-order valence-electron chi connectivity index (χ0n) is 27.1. The molecular weight excluding hydrogens is 875 g/mol. The molecule has 0 aliphatic rings. The molecule has 0 spiro atoms. The van der Waals surface area contributed by atoms with Crippen molar-refractivity contribution < 1.29 is 80.0 Å². The molecule has 5 aromatic carbocycles. The van der Waals surface area contributed by atoms with E-state index in [-0.39, 0.29) is 0 Å². The number of nitro groups is 1. The molecule has 0 bridgehead atoms. The summed E-state index contributed by atoms with van der Waals surface area (Å²) in [5, 5.41) is 43.6. The average molecular weight is 894 g/mol. The van der Waals surface area contributed by atoms with Gasteiger partial charge in [-0.05, 0) is 36.4 Å². The number of rotatable bonds is 10. The molecule has 0 radical (unpaired) electrons. The van der Waals surface area contributed by atoms with E-state index in [2.05, 4.69) is 20.5 Å². The Morgan fingerprint density at radius 3 is 1.54 bits per heavy atom. The highest BCUT2D eigenvalue weighted by Crippen LogP contribution is 2.49. The molecular formula is C26H19N7O19S5. The Kier molecular flexibility index (Phi) is 10.2. The standard InChI is InChI=1S/C26H19N7O19S5/c27-21-15(31-30-14-4-2-10-11(26(14)57(50,51)52)6-18(55(44,45)46)22(28)24(10)34)8-16(53(38,39)40)12-7-19(56(47,48)49)23(25(35)20(12)21)32-29-13-3-1-9(33(36)37)5-17(13)54(41,42)43/h1-8,34-35H,27-28H2,(H,38,39,40)(H,41,42,43)(H,44,45,46)(H,47,48,49)(H,50,51,52)/b31-30+,32-29-. The van der Waals surface area contributed by atoms with Gasteiger partial charge in [-0.2, -0.15) is 42.1 Å². The molecule has 0 saturated carbocycles. The van der Waals surface area contributed by atoms with Gasteiger partial charge in [0.15, 0.2) is 5.75 Å². The Balaban J connectivity index is 1.85. The SMILES string of the molecule is Nc1c(S(=O)(=O)O)cc2c(S(=O)(=O)O)c(/N=N/c3cc(S(=O)(=O)O)c4cc(S(=O)(=O)O)c(/N=N\c5ccc([N+](=O)[O-])cc5S(=O)(=O)O)c(O)c4c3N)ccc2c1O. The summed E-state index contributed by atoms with van der Waals surface area (Å²) < 4.78 is 172. The minimum atomic E-state index is -5.58. The fourth-order valence-electron chi connectivity index (χ4n) is 5.19. The van der Waals surface area contributed by atoms with Crippen LogP contribution in [0.25, 0.3) is 21.5 Å². The van der Waals surface area contributed by atoms with Crippen LogP contribution in [-0.4, -0.2) is 80.0 Å². The molecule has 31 heteroatoms. The summed E-state index contributed by atoms with van der Waals surface area (Å²) in [5.41, 5.74) is 4.93. The second-order valence-corrected chi connectivity index (χ2v) is 18.1. The second kappa shape index (κ2) is 13.9. The van der Waals surface area contributed by atoms with Gasteiger partial charge in [-0.1, -0.05) is 0 Å². The van der Waals surface area contributed by atoms with E-state index in [0.29, 0.717) is 36.4 Å². The summed E-state index contributed by atoms with van der Waals surface area (Å²) in [6.45, 7) is 0. The van der Waals surface area contributed by atoms with Crippen LogP contribution in [0.15, 0.2) is 93.5 Å². The molecule has 0 heterocycles. The summed E-state index contributed by atoms with van der Waals surface area (Å²) in [6, 6.07) is 4.41. The first-order chi connectivity index (χ1) is 25.9. The molecule has 302 valence electrons. The minimum absolute atomic E-state index is 0.295. The van der Waals surface area contributed by atoms with Gasteiger partial charge in [0.2, 0.25) is 0 Å². The highest BCUT2D eigenvalue weighted by atomic mass is 32.2. The topological polar surface area (TPSA) is 457 Å². The van der Waals surface area contributed by atoms with E-state index < -0.39 is 153 Å². The van der Waals surface area contributed by atoms with E-state index in [4.69, 9.17) is 11.5 Å². The third kappa shape index (κ3) is 7.99. The van der Waals surface area contributed by atoms with Crippen molar-refractivity contribution in [1.82, 2.24) is 0 Å². The Labute approximate surface area is 317 Å². The number of azo groups is 2. The summed E-state index contributed by atoms with van der Waals surface area (Å²) in [7, 11) is -27.2. The van der Waals surface area contributed by atoms with Crippen LogP contribution in [-0.2, 0) is 50.6 Å². The summed E-state index contributed by atoms with van der Waals surface area (Å²) in [6.07, 6.45) is 0. The van der Waals surface area contributed by atoms with Crippen molar-refractivity contribution in [2.24, 2.45) is 20.5 Å². The van der Waals surface area contributed by atoms with E-state index in [0.717, 1.165) is 12.1 Å². The van der Waals surface area contributed by atoms with Crippen LogP contribution in [0.1, 0.15) is 0 Å². The normalized spacial score (nSPS) is 13.3. The molecule has 11 N–H and O–H groups in total. The fraction of sp³-hybridized carbons (Fsp3) is 0. The molecule has 0 amide bonds. The summed E-state index contributed by atoms with van der Waals surface area (Å²) >= 11 is 0. The molecule has 57 heavy (non-hydrogen) atoms. The number of phenols is 2. The smallest absolute Gasteiger partial charge is 0.297 e. The highest BCUT2D eigenvalue weighted by Gasteiger charge is 2.30. The first kappa shape index (κ1) is 42.1. The molecule has 5 aromatic rings. The number of nitrogens with zero attached hydrogens (tertiary/aromatic N) is 5. The van der Waals surface area contributed by atoms with E-state index in [1.165, 1.54) is 0 Å². The maximum absolute atomic E-state index is 12.5. The molecule has 0 aliphatic carbocycles. The third-order valence-electron chi connectivity index (χ3n) is 7.59. The van der Waals surface area contributed by atoms with Crippen molar-refractivity contribution in [3.05, 3.63) is 58.6 Å². The summed E-state index contributed by atoms with van der Waals surface area (Å²) in [5.74, 6) is -2.56. The number of phenolic OH excluding ortho intramolecular Hbond substituents is 2. The van der Waals surface area contributed by atoms with E-state index in [1.807, 2.05) is 0 Å². The van der Waals surface area contributed by atoms with Crippen LogP contribution in [0, 0.1) is 10.1 Å².